The van der Waals surface area contributed by atoms with E-state index in [-0.39, 0.29) is 0 Å². The lowest BCUT2D eigenvalue weighted by atomic mass is 10.1. The van der Waals surface area contributed by atoms with E-state index in [1.54, 1.807) is 22.9 Å². The molecule has 9 nitrogen and oxygen atoms in total. The zero-order valence-corrected chi connectivity index (χ0v) is 16.7. The van der Waals surface area contributed by atoms with Gasteiger partial charge in [0.2, 0.25) is 5.95 Å². The van der Waals surface area contributed by atoms with Crippen molar-refractivity contribution in [3.63, 3.8) is 0 Å². The fourth-order valence-electron chi connectivity index (χ4n) is 3.67. The molecule has 5 rings (SSSR count). The number of carbonyl (C=O) groups is 1. The summed E-state index contributed by atoms with van der Waals surface area (Å²) in [6.45, 7) is 2.82. The molecular formula is C22H21N7O2. The summed E-state index contributed by atoms with van der Waals surface area (Å²) in [6.07, 6.45) is 3.50. The molecule has 156 valence electrons. The Morgan fingerprint density at radius 1 is 1.03 bits per heavy atom. The zero-order chi connectivity index (χ0) is 21.2. The highest BCUT2D eigenvalue weighted by atomic mass is 16.5. The summed E-state index contributed by atoms with van der Waals surface area (Å²) in [6, 6.07) is 15.0. The van der Waals surface area contributed by atoms with Crippen molar-refractivity contribution >= 4 is 29.0 Å². The minimum Gasteiger partial charge on any atom is -0.378 e. The van der Waals surface area contributed by atoms with Crippen molar-refractivity contribution in [2.75, 3.05) is 36.5 Å². The van der Waals surface area contributed by atoms with Gasteiger partial charge in [0.25, 0.3) is 5.91 Å². The lowest BCUT2D eigenvalue weighted by Gasteiger charge is -2.26. The lowest BCUT2D eigenvalue weighted by Crippen LogP contribution is -2.37. The molecule has 3 N–H and O–H groups in total. The van der Waals surface area contributed by atoms with E-state index in [2.05, 4.69) is 20.2 Å². The van der Waals surface area contributed by atoms with Crippen LogP contribution in [-0.2, 0) is 4.74 Å². The minimum absolute atomic E-state index is 0.335. The number of rotatable bonds is 5. The topological polar surface area (TPSA) is 111 Å². The predicted octanol–water partition coefficient (Wildman–Crippen LogP) is 2.47. The number of nitrogens with two attached hydrogens (primary N) is 1. The van der Waals surface area contributed by atoms with E-state index in [0.717, 1.165) is 18.7 Å². The van der Waals surface area contributed by atoms with Crippen LogP contribution in [-0.4, -0.2) is 51.6 Å². The van der Waals surface area contributed by atoms with Crippen molar-refractivity contribution in [2.24, 2.45) is 5.73 Å². The molecule has 3 aromatic heterocycles. The lowest BCUT2D eigenvalue weighted by molar-refractivity contribution is 0.0995. The summed E-state index contributed by atoms with van der Waals surface area (Å²) in [5.41, 5.74) is 8.70. The molecule has 0 unspecified atom stereocenters. The summed E-state index contributed by atoms with van der Waals surface area (Å²) < 4.78 is 7.11. The van der Waals surface area contributed by atoms with Crippen LogP contribution >= 0.6 is 0 Å². The number of morpholine rings is 1. The van der Waals surface area contributed by atoms with Crippen molar-refractivity contribution in [1.82, 2.24) is 19.4 Å². The number of primary amides is 1. The number of hydrogen-bond donors (Lipinski definition) is 2. The van der Waals surface area contributed by atoms with Gasteiger partial charge in [-0.25, -0.2) is 9.97 Å². The van der Waals surface area contributed by atoms with Crippen LogP contribution in [0.5, 0.6) is 0 Å². The second-order valence-electron chi connectivity index (χ2n) is 7.12. The van der Waals surface area contributed by atoms with Gasteiger partial charge >= 0.3 is 0 Å². The molecule has 1 amide bonds. The van der Waals surface area contributed by atoms with E-state index in [4.69, 9.17) is 15.5 Å². The van der Waals surface area contributed by atoms with Crippen molar-refractivity contribution < 1.29 is 9.53 Å². The number of pyridine rings is 1. The maximum atomic E-state index is 12.3. The molecule has 1 fully saturated rings. The SMILES string of the molecule is NC(=O)c1c(-c2ccccc2)nc2c(Nc3ccnc(N4CCOCC4)n3)cccn12. The van der Waals surface area contributed by atoms with Gasteiger partial charge in [0, 0.05) is 31.0 Å². The molecule has 31 heavy (non-hydrogen) atoms. The molecule has 0 bridgehead atoms. The molecule has 1 aromatic carbocycles. The first-order valence-corrected chi connectivity index (χ1v) is 10.00. The van der Waals surface area contributed by atoms with Crippen LogP contribution in [0.15, 0.2) is 60.9 Å². The van der Waals surface area contributed by atoms with Gasteiger partial charge < -0.3 is 20.7 Å². The van der Waals surface area contributed by atoms with Gasteiger partial charge in [-0.2, -0.15) is 4.98 Å². The summed E-state index contributed by atoms with van der Waals surface area (Å²) in [4.78, 5) is 28.1. The van der Waals surface area contributed by atoms with Gasteiger partial charge in [-0.05, 0) is 18.2 Å². The molecule has 4 heterocycles. The molecule has 1 saturated heterocycles. The highest BCUT2D eigenvalue weighted by molar-refractivity contribution is 5.99. The number of imidazole rings is 1. The van der Waals surface area contributed by atoms with Crippen molar-refractivity contribution in [2.45, 2.75) is 0 Å². The number of carbonyl (C=O) groups excluding carboxylic acids is 1. The number of benzene rings is 1. The monoisotopic (exact) mass is 415 g/mol. The molecule has 0 spiro atoms. The Labute approximate surface area is 178 Å². The highest BCUT2D eigenvalue weighted by Crippen LogP contribution is 2.29. The maximum Gasteiger partial charge on any atom is 0.268 e. The first kappa shape index (κ1) is 19.0. The van der Waals surface area contributed by atoms with E-state index in [9.17, 15) is 4.79 Å². The fourth-order valence-corrected chi connectivity index (χ4v) is 3.67. The molecule has 1 aliphatic rings. The van der Waals surface area contributed by atoms with Crippen molar-refractivity contribution in [3.05, 3.63) is 66.6 Å². The van der Waals surface area contributed by atoms with Crippen molar-refractivity contribution in [1.29, 1.82) is 0 Å². The Balaban J connectivity index is 1.55. The number of nitrogens with one attached hydrogen (secondary N) is 1. The smallest absolute Gasteiger partial charge is 0.268 e. The number of amides is 1. The summed E-state index contributed by atoms with van der Waals surface area (Å²) >= 11 is 0. The van der Waals surface area contributed by atoms with Crippen LogP contribution in [0.3, 0.4) is 0 Å². The summed E-state index contributed by atoms with van der Waals surface area (Å²) in [5, 5.41) is 3.31. The van der Waals surface area contributed by atoms with Gasteiger partial charge in [-0.3, -0.25) is 9.20 Å². The van der Waals surface area contributed by atoms with Gasteiger partial charge in [0.1, 0.15) is 17.2 Å². The third-order valence-electron chi connectivity index (χ3n) is 5.13. The minimum atomic E-state index is -0.542. The standard InChI is InChI=1S/C22H21N7O2/c23-20(30)19-18(15-5-2-1-3-6-15)27-21-16(7-4-10-29(19)21)25-17-8-9-24-22(26-17)28-11-13-31-14-12-28/h1-10H,11-14H2,(H2,23,30)(H,24,25,26). The summed E-state index contributed by atoms with van der Waals surface area (Å²) in [7, 11) is 0. The second kappa shape index (κ2) is 8.04. The van der Waals surface area contributed by atoms with E-state index in [1.807, 2.05) is 42.5 Å². The first-order valence-electron chi connectivity index (χ1n) is 10.00. The average Bonchev–Trinajstić information content (AvgIpc) is 3.22. The third-order valence-corrected chi connectivity index (χ3v) is 5.13. The number of fused-ring (bicyclic) bond motifs is 1. The van der Waals surface area contributed by atoms with Crippen LogP contribution in [0.2, 0.25) is 0 Å². The van der Waals surface area contributed by atoms with E-state index >= 15 is 0 Å². The third kappa shape index (κ3) is 3.66. The average molecular weight is 415 g/mol. The zero-order valence-electron chi connectivity index (χ0n) is 16.7. The normalized spacial score (nSPS) is 14.0. The molecule has 0 aliphatic carbocycles. The first-order chi connectivity index (χ1) is 15.2. The number of anilines is 3. The number of aromatic nitrogens is 4. The van der Waals surface area contributed by atoms with Crippen LogP contribution in [0, 0.1) is 0 Å². The molecule has 0 atom stereocenters. The quantitative estimate of drug-likeness (QED) is 0.515. The Morgan fingerprint density at radius 2 is 1.84 bits per heavy atom. The van der Waals surface area contributed by atoms with Gasteiger partial charge in [0.05, 0.1) is 18.9 Å². The molecule has 1 aliphatic heterocycles. The molecule has 0 radical (unpaired) electrons. The summed E-state index contributed by atoms with van der Waals surface area (Å²) in [5.74, 6) is 0.737. The van der Waals surface area contributed by atoms with E-state index in [0.29, 0.717) is 47.7 Å². The van der Waals surface area contributed by atoms with Crippen molar-refractivity contribution in [3.8, 4) is 11.3 Å². The predicted molar refractivity (Wildman–Crippen MR) is 117 cm³/mol. The van der Waals surface area contributed by atoms with Gasteiger partial charge in [-0.15, -0.1) is 0 Å². The molecule has 4 aromatic rings. The van der Waals surface area contributed by atoms with Crippen LogP contribution in [0.4, 0.5) is 17.5 Å². The highest BCUT2D eigenvalue weighted by Gasteiger charge is 2.20. The van der Waals surface area contributed by atoms with Gasteiger partial charge in [0.15, 0.2) is 5.65 Å². The molecule has 0 saturated carbocycles. The Morgan fingerprint density at radius 3 is 2.61 bits per heavy atom. The molecular weight excluding hydrogens is 394 g/mol. The number of ether oxygens (including phenoxy) is 1. The number of nitrogens with zero attached hydrogens (tertiary/aromatic N) is 5. The Bertz CT molecular complexity index is 1230. The van der Waals surface area contributed by atoms with E-state index < -0.39 is 5.91 Å². The van der Waals surface area contributed by atoms with Crippen LogP contribution in [0.25, 0.3) is 16.9 Å². The largest absolute Gasteiger partial charge is 0.378 e. The van der Waals surface area contributed by atoms with Crippen LogP contribution in [0.1, 0.15) is 10.5 Å². The van der Waals surface area contributed by atoms with Gasteiger partial charge in [-0.1, -0.05) is 30.3 Å². The maximum absolute atomic E-state index is 12.3. The Kier molecular flexibility index (Phi) is 4.93. The van der Waals surface area contributed by atoms with E-state index in [1.165, 1.54) is 0 Å². The van der Waals surface area contributed by atoms with Crippen LogP contribution < -0.4 is 16.0 Å². The Hall–Kier alpha value is -3.98. The number of hydrogen-bond acceptors (Lipinski definition) is 7. The fraction of sp³-hybridized carbons (Fsp3) is 0.182. The second-order valence-corrected chi connectivity index (χ2v) is 7.12. The molecule has 9 heteroatoms.